The zero-order chi connectivity index (χ0) is 21.3. The third-order valence-electron chi connectivity index (χ3n) is 6.17. The number of rotatable bonds is 7. The Bertz CT molecular complexity index is 702. The van der Waals surface area contributed by atoms with Crippen molar-refractivity contribution in [3.8, 4) is 0 Å². The third-order valence-corrected chi connectivity index (χ3v) is 6.17. The maximum absolute atomic E-state index is 13.0. The summed E-state index contributed by atoms with van der Waals surface area (Å²) in [5.74, 6) is 1.17. The van der Waals surface area contributed by atoms with E-state index in [1.54, 1.807) is 7.05 Å². The standard InChI is InChI=1S/C23H36FN5O/c1-25-23(26-13-15-28(2)16-18-8-10-20(24)11-9-18)27-21-12-14-29(17-21)22(30)19-6-4-3-5-7-19/h8-11,19,21H,3-7,12-17H2,1-2H3,(H2,25,26,27). The zero-order valence-corrected chi connectivity index (χ0v) is 18.4. The van der Waals surface area contributed by atoms with Crippen LogP contribution in [0.3, 0.4) is 0 Å². The summed E-state index contributed by atoms with van der Waals surface area (Å²) in [4.78, 5) is 21.3. The number of likely N-dealkylation sites (tertiary alicyclic amines) is 1. The predicted molar refractivity (Wildman–Crippen MR) is 119 cm³/mol. The Labute approximate surface area is 179 Å². The second-order valence-corrected chi connectivity index (χ2v) is 8.61. The first-order chi connectivity index (χ1) is 14.5. The van der Waals surface area contributed by atoms with Gasteiger partial charge in [0.2, 0.25) is 5.91 Å². The third kappa shape index (κ3) is 6.69. The number of benzene rings is 1. The van der Waals surface area contributed by atoms with Crippen molar-refractivity contribution in [3.05, 3.63) is 35.6 Å². The molecular formula is C23H36FN5O. The number of hydrogen-bond donors (Lipinski definition) is 2. The van der Waals surface area contributed by atoms with Crippen LogP contribution in [0, 0.1) is 11.7 Å². The lowest BCUT2D eigenvalue weighted by molar-refractivity contribution is -0.135. The van der Waals surface area contributed by atoms with Gasteiger partial charge in [0.1, 0.15) is 5.82 Å². The molecule has 2 aliphatic rings. The average Bonchev–Trinajstić information content (AvgIpc) is 3.23. The van der Waals surface area contributed by atoms with Gasteiger partial charge in [-0.2, -0.15) is 0 Å². The molecule has 1 saturated heterocycles. The summed E-state index contributed by atoms with van der Waals surface area (Å²) in [7, 11) is 3.82. The number of carbonyl (C=O) groups is 1. The van der Waals surface area contributed by atoms with E-state index in [2.05, 4.69) is 20.5 Å². The van der Waals surface area contributed by atoms with Crippen molar-refractivity contribution in [1.29, 1.82) is 0 Å². The molecule has 2 fully saturated rings. The fraction of sp³-hybridized carbons (Fsp3) is 0.652. The topological polar surface area (TPSA) is 60.0 Å². The van der Waals surface area contributed by atoms with Gasteiger partial charge >= 0.3 is 0 Å². The van der Waals surface area contributed by atoms with E-state index in [1.165, 1.54) is 31.4 Å². The van der Waals surface area contributed by atoms with Crippen LogP contribution in [0.15, 0.2) is 29.3 Å². The van der Waals surface area contributed by atoms with E-state index < -0.39 is 0 Å². The molecule has 0 spiro atoms. The number of hydrogen-bond acceptors (Lipinski definition) is 3. The fourth-order valence-corrected chi connectivity index (χ4v) is 4.42. The van der Waals surface area contributed by atoms with E-state index in [4.69, 9.17) is 0 Å². The van der Waals surface area contributed by atoms with Crippen molar-refractivity contribution in [1.82, 2.24) is 20.4 Å². The summed E-state index contributed by atoms with van der Waals surface area (Å²) in [5, 5.41) is 6.83. The van der Waals surface area contributed by atoms with Crippen molar-refractivity contribution in [3.63, 3.8) is 0 Å². The minimum atomic E-state index is -0.205. The van der Waals surface area contributed by atoms with E-state index in [9.17, 15) is 9.18 Å². The van der Waals surface area contributed by atoms with E-state index in [1.807, 2.05) is 24.1 Å². The maximum Gasteiger partial charge on any atom is 0.225 e. The molecule has 166 valence electrons. The number of amides is 1. The first-order valence-electron chi connectivity index (χ1n) is 11.2. The zero-order valence-electron chi connectivity index (χ0n) is 18.4. The van der Waals surface area contributed by atoms with Crippen molar-refractivity contribution in [2.75, 3.05) is 40.3 Å². The lowest BCUT2D eigenvalue weighted by Crippen LogP contribution is -2.47. The monoisotopic (exact) mass is 417 g/mol. The molecule has 1 unspecified atom stereocenters. The van der Waals surface area contributed by atoms with E-state index in [0.29, 0.717) is 5.91 Å². The molecule has 1 aromatic carbocycles. The highest BCUT2D eigenvalue weighted by Crippen LogP contribution is 2.26. The quantitative estimate of drug-likeness (QED) is 0.529. The Morgan fingerprint density at radius 2 is 1.93 bits per heavy atom. The lowest BCUT2D eigenvalue weighted by Gasteiger charge is -2.26. The summed E-state index contributed by atoms with van der Waals surface area (Å²) >= 11 is 0. The van der Waals surface area contributed by atoms with Crippen LogP contribution < -0.4 is 10.6 Å². The Hall–Kier alpha value is -2.15. The number of halogens is 1. The smallest absolute Gasteiger partial charge is 0.225 e. The minimum absolute atomic E-state index is 0.205. The van der Waals surface area contributed by atoms with Gasteiger partial charge in [0, 0.05) is 51.7 Å². The SMILES string of the molecule is CN=C(NCCN(C)Cc1ccc(F)cc1)NC1CCN(C(=O)C2CCCCC2)C1. The van der Waals surface area contributed by atoms with Crippen molar-refractivity contribution in [2.24, 2.45) is 10.9 Å². The van der Waals surface area contributed by atoms with Crippen molar-refractivity contribution >= 4 is 11.9 Å². The summed E-state index contributed by atoms with van der Waals surface area (Å²) in [5.41, 5.74) is 1.09. The lowest BCUT2D eigenvalue weighted by atomic mass is 9.88. The van der Waals surface area contributed by atoms with Gasteiger partial charge < -0.3 is 20.4 Å². The van der Waals surface area contributed by atoms with E-state index >= 15 is 0 Å². The molecule has 1 aliphatic carbocycles. The van der Waals surface area contributed by atoms with E-state index in [-0.39, 0.29) is 17.8 Å². The van der Waals surface area contributed by atoms with Gasteiger partial charge in [-0.25, -0.2) is 4.39 Å². The molecule has 0 aromatic heterocycles. The normalized spacial score (nSPS) is 20.6. The van der Waals surface area contributed by atoms with Crippen LogP contribution in [0.25, 0.3) is 0 Å². The number of likely N-dealkylation sites (N-methyl/N-ethyl adjacent to an activating group) is 1. The van der Waals surface area contributed by atoms with Gasteiger partial charge in [0.05, 0.1) is 0 Å². The second-order valence-electron chi connectivity index (χ2n) is 8.61. The fourth-order valence-electron chi connectivity index (χ4n) is 4.42. The van der Waals surface area contributed by atoms with Crippen LogP contribution >= 0.6 is 0 Å². The van der Waals surface area contributed by atoms with Gasteiger partial charge in [-0.15, -0.1) is 0 Å². The molecule has 1 heterocycles. The molecule has 1 saturated carbocycles. The molecule has 1 atom stereocenters. The van der Waals surface area contributed by atoms with Crippen molar-refractivity contribution in [2.45, 2.75) is 51.1 Å². The Morgan fingerprint density at radius 3 is 2.63 bits per heavy atom. The molecular weight excluding hydrogens is 381 g/mol. The maximum atomic E-state index is 13.0. The van der Waals surface area contributed by atoms with Gasteiger partial charge in [0.15, 0.2) is 5.96 Å². The highest BCUT2D eigenvalue weighted by atomic mass is 19.1. The second kappa shape index (κ2) is 11.3. The largest absolute Gasteiger partial charge is 0.355 e. The summed E-state index contributed by atoms with van der Waals surface area (Å²) in [6.07, 6.45) is 6.74. The number of aliphatic imine (C=N–C) groups is 1. The molecule has 2 N–H and O–H groups in total. The number of nitrogens with zero attached hydrogens (tertiary/aromatic N) is 3. The predicted octanol–water partition coefficient (Wildman–Crippen LogP) is 2.60. The molecule has 0 radical (unpaired) electrons. The highest BCUT2D eigenvalue weighted by molar-refractivity contribution is 5.81. The van der Waals surface area contributed by atoms with Crippen LogP contribution in [0.5, 0.6) is 0 Å². The highest BCUT2D eigenvalue weighted by Gasteiger charge is 2.31. The molecule has 30 heavy (non-hydrogen) atoms. The van der Waals surface area contributed by atoms with Gasteiger partial charge in [-0.05, 0) is 44.0 Å². The van der Waals surface area contributed by atoms with Gasteiger partial charge in [-0.1, -0.05) is 31.4 Å². The van der Waals surface area contributed by atoms with E-state index in [0.717, 1.165) is 63.5 Å². The van der Waals surface area contributed by atoms with Gasteiger partial charge in [0.25, 0.3) is 0 Å². The minimum Gasteiger partial charge on any atom is -0.355 e. The number of guanidine groups is 1. The number of carbonyl (C=O) groups excluding carboxylic acids is 1. The van der Waals surface area contributed by atoms with Crippen LogP contribution in [0.1, 0.15) is 44.1 Å². The summed E-state index contributed by atoms with van der Waals surface area (Å²) in [6, 6.07) is 6.88. The average molecular weight is 418 g/mol. The number of nitrogens with one attached hydrogen (secondary N) is 2. The molecule has 1 amide bonds. The Morgan fingerprint density at radius 1 is 1.20 bits per heavy atom. The summed E-state index contributed by atoms with van der Waals surface area (Å²) < 4.78 is 13.0. The van der Waals surface area contributed by atoms with Crippen LogP contribution in [0.2, 0.25) is 0 Å². The molecule has 0 bridgehead atoms. The molecule has 1 aliphatic heterocycles. The first-order valence-corrected chi connectivity index (χ1v) is 11.2. The van der Waals surface area contributed by atoms with Crippen molar-refractivity contribution < 1.29 is 9.18 Å². The molecule has 7 heteroatoms. The van der Waals surface area contributed by atoms with Gasteiger partial charge in [-0.3, -0.25) is 9.79 Å². The van der Waals surface area contributed by atoms with Crippen LogP contribution in [0.4, 0.5) is 4.39 Å². The van der Waals surface area contributed by atoms with Crippen LogP contribution in [-0.2, 0) is 11.3 Å². The molecule has 3 rings (SSSR count). The Balaban J connectivity index is 1.36. The Kier molecular flexibility index (Phi) is 8.49. The summed E-state index contributed by atoms with van der Waals surface area (Å²) in [6.45, 7) is 3.98. The van der Waals surface area contributed by atoms with Crippen LogP contribution in [-0.4, -0.2) is 68.0 Å². The molecule has 6 nitrogen and oxygen atoms in total. The molecule has 1 aromatic rings. The first kappa shape index (κ1) is 22.5.